The number of rotatable bonds is 9. The fourth-order valence-corrected chi connectivity index (χ4v) is 2.29. The maximum Gasteiger partial charge on any atom is 0.408 e. The zero-order chi connectivity index (χ0) is 22.0. The highest BCUT2D eigenvalue weighted by Crippen LogP contribution is 2.15. The van der Waals surface area contributed by atoms with E-state index in [0.717, 1.165) is 16.9 Å². The molecule has 4 N–H and O–H groups in total. The number of amides is 2. The van der Waals surface area contributed by atoms with Crippen molar-refractivity contribution in [3.05, 3.63) is 59.7 Å². The van der Waals surface area contributed by atoms with Gasteiger partial charge in [0.15, 0.2) is 0 Å². The molecule has 0 aliphatic carbocycles. The van der Waals surface area contributed by atoms with E-state index in [4.69, 9.17) is 19.9 Å². The Morgan fingerprint density at radius 2 is 1.50 bits per heavy atom. The number of nitrogens with two attached hydrogens (primary N) is 1. The Balaban J connectivity index is 1.61. The van der Waals surface area contributed by atoms with Gasteiger partial charge < -0.3 is 30.6 Å². The van der Waals surface area contributed by atoms with Gasteiger partial charge in [-0.1, -0.05) is 24.3 Å². The summed E-state index contributed by atoms with van der Waals surface area (Å²) in [5.41, 5.74) is 7.73. The SMILES string of the molecule is CC(C)(C)OC(=O)NCC(=O)NCOCc1ccc(COc2ccc(N)cc2)cc1. The van der Waals surface area contributed by atoms with Crippen LogP contribution in [0.3, 0.4) is 0 Å². The van der Waals surface area contributed by atoms with Gasteiger partial charge in [-0.15, -0.1) is 0 Å². The van der Waals surface area contributed by atoms with E-state index in [9.17, 15) is 9.59 Å². The van der Waals surface area contributed by atoms with Gasteiger partial charge in [-0.05, 0) is 56.2 Å². The average molecular weight is 415 g/mol. The minimum atomic E-state index is -0.640. The van der Waals surface area contributed by atoms with Crippen LogP contribution in [0.1, 0.15) is 31.9 Å². The molecule has 0 spiro atoms. The maximum atomic E-state index is 11.7. The van der Waals surface area contributed by atoms with Crippen LogP contribution in [0.4, 0.5) is 10.5 Å². The predicted molar refractivity (Wildman–Crippen MR) is 114 cm³/mol. The number of carbonyl (C=O) groups excluding carboxylic acids is 2. The summed E-state index contributed by atoms with van der Waals surface area (Å²) in [5.74, 6) is 0.393. The Bertz CT molecular complexity index is 814. The first-order valence-corrected chi connectivity index (χ1v) is 9.59. The lowest BCUT2D eigenvalue weighted by Crippen LogP contribution is -2.40. The molecule has 2 aromatic carbocycles. The summed E-state index contributed by atoms with van der Waals surface area (Å²) in [7, 11) is 0. The van der Waals surface area contributed by atoms with Gasteiger partial charge in [0.2, 0.25) is 5.91 Å². The molecule has 0 saturated carbocycles. The zero-order valence-corrected chi connectivity index (χ0v) is 17.6. The third-order valence-electron chi connectivity index (χ3n) is 3.74. The molecule has 0 aliphatic heterocycles. The van der Waals surface area contributed by atoms with Crippen LogP contribution in [-0.2, 0) is 27.5 Å². The van der Waals surface area contributed by atoms with Crippen molar-refractivity contribution in [3.8, 4) is 5.75 Å². The first-order chi connectivity index (χ1) is 14.2. The van der Waals surface area contributed by atoms with Gasteiger partial charge in [0.1, 0.15) is 31.2 Å². The second-order valence-electron chi connectivity index (χ2n) is 7.62. The van der Waals surface area contributed by atoms with Gasteiger partial charge in [0, 0.05) is 5.69 Å². The molecule has 0 heterocycles. The number of carbonyl (C=O) groups is 2. The van der Waals surface area contributed by atoms with Crippen molar-refractivity contribution < 1.29 is 23.8 Å². The molecule has 2 aromatic rings. The van der Waals surface area contributed by atoms with E-state index in [2.05, 4.69) is 10.6 Å². The topological polar surface area (TPSA) is 112 Å². The van der Waals surface area contributed by atoms with E-state index in [0.29, 0.717) is 18.9 Å². The van der Waals surface area contributed by atoms with Crippen LogP contribution in [0, 0.1) is 0 Å². The number of hydrogen-bond donors (Lipinski definition) is 3. The zero-order valence-electron chi connectivity index (χ0n) is 17.6. The lowest BCUT2D eigenvalue weighted by Gasteiger charge is -2.19. The molecule has 8 heteroatoms. The summed E-state index contributed by atoms with van der Waals surface area (Å²) in [6.45, 7) is 5.91. The number of benzene rings is 2. The molecule has 0 radical (unpaired) electrons. The predicted octanol–water partition coefficient (Wildman–Crippen LogP) is 2.96. The number of hydrogen-bond acceptors (Lipinski definition) is 6. The van der Waals surface area contributed by atoms with Crippen molar-refractivity contribution in [1.82, 2.24) is 10.6 Å². The summed E-state index contributed by atoms with van der Waals surface area (Å²) in [4.78, 5) is 23.2. The van der Waals surface area contributed by atoms with Crippen molar-refractivity contribution in [2.75, 3.05) is 19.0 Å². The van der Waals surface area contributed by atoms with Crippen LogP contribution in [0.2, 0.25) is 0 Å². The summed E-state index contributed by atoms with van der Waals surface area (Å²) < 4.78 is 16.2. The van der Waals surface area contributed by atoms with Crippen LogP contribution < -0.4 is 21.1 Å². The van der Waals surface area contributed by atoms with Crippen molar-refractivity contribution in [2.45, 2.75) is 39.6 Å². The van der Waals surface area contributed by atoms with Crippen molar-refractivity contribution in [2.24, 2.45) is 0 Å². The molecule has 162 valence electrons. The Kier molecular flexibility index (Phi) is 8.49. The molecular formula is C22H29N3O5. The summed E-state index contributed by atoms with van der Waals surface area (Å²) in [6.07, 6.45) is -0.640. The Morgan fingerprint density at radius 3 is 2.10 bits per heavy atom. The Hall–Kier alpha value is -3.26. The standard InChI is InChI=1S/C22H29N3O5/c1-22(2,3)30-21(27)24-12-20(26)25-15-28-13-16-4-6-17(7-5-16)14-29-19-10-8-18(23)9-11-19/h4-11H,12-15,23H2,1-3H3,(H,24,27)(H,25,26). The molecule has 0 saturated heterocycles. The molecule has 0 bridgehead atoms. The first-order valence-electron chi connectivity index (χ1n) is 9.59. The third kappa shape index (κ3) is 9.29. The van der Waals surface area contributed by atoms with Gasteiger partial charge in [-0.2, -0.15) is 0 Å². The molecule has 8 nitrogen and oxygen atoms in total. The van der Waals surface area contributed by atoms with Crippen LogP contribution in [0.25, 0.3) is 0 Å². The number of nitrogens with one attached hydrogen (secondary N) is 2. The number of alkyl carbamates (subject to hydrolysis) is 1. The summed E-state index contributed by atoms with van der Waals surface area (Å²) >= 11 is 0. The van der Waals surface area contributed by atoms with E-state index in [1.54, 1.807) is 32.9 Å². The van der Waals surface area contributed by atoms with Gasteiger partial charge in [0.05, 0.1) is 6.61 Å². The molecule has 0 fully saturated rings. The fourth-order valence-electron chi connectivity index (χ4n) is 2.29. The van der Waals surface area contributed by atoms with Crippen LogP contribution in [0.5, 0.6) is 5.75 Å². The molecule has 2 rings (SSSR count). The lowest BCUT2D eigenvalue weighted by atomic mass is 10.1. The van der Waals surface area contributed by atoms with Crippen LogP contribution >= 0.6 is 0 Å². The largest absolute Gasteiger partial charge is 0.489 e. The van der Waals surface area contributed by atoms with Gasteiger partial charge in [-0.25, -0.2) is 4.79 Å². The highest BCUT2D eigenvalue weighted by atomic mass is 16.6. The highest BCUT2D eigenvalue weighted by Gasteiger charge is 2.16. The van der Waals surface area contributed by atoms with Crippen molar-refractivity contribution in [3.63, 3.8) is 0 Å². The molecule has 0 aliphatic rings. The molecule has 30 heavy (non-hydrogen) atoms. The van der Waals surface area contributed by atoms with E-state index in [1.165, 1.54) is 0 Å². The summed E-state index contributed by atoms with van der Waals surface area (Å²) in [6, 6.07) is 15.0. The fraction of sp³-hybridized carbons (Fsp3) is 0.364. The monoisotopic (exact) mass is 415 g/mol. The molecule has 0 aromatic heterocycles. The number of nitrogen functional groups attached to an aromatic ring is 1. The third-order valence-corrected chi connectivity index (χ3v) is 3.74. The summed E-state index contributed by atoms with van der Waals surface area (Å²) in [5, 5.41) is 4.95. The minimum Gasteiger partial charge on any atom is -0.489 e. The van der Waals surface area contributed by atoms with E-state index in [-0.39, 0.29) is 19.2 Å². The van der Waals surface area contributed by atoms with Crippen LogP contribution in [-0.4, -0.2) is 30.9 Å². The highest BCUT2D eigenvalue weighted by molar-refractivity contribution is 5.82. The molecule has 2 amide bonds. The number of anilines is 1. The maximum absolute atomic E-state index is 11.7. The Labute approximate surface area is 176 Å². The second kappa shape index (κ2) is 11.1. The number of ether oxygens (including phenoxy) is 3. The smallest absolute Gasteiger partial charge is 0.408 e. The molecule has 0 unspecified atom stereocenters. The van der Waals surface area contributed by atoms with E-state index >= 15 is 0 Å². The Morgan fingerprint density at radius 1 is 0.900 bits per heavy atom. The quantitative estimate of drug-likeness (QED) is 0.330. The van der Waals surface area contributed by atoms with E-state index < -0.39 is 11.7 Å². The molecule has 0 atom stereocenters. The first kappa shape index (κ1) is 23.0. The van der Waals surface area contributed by atoms with Gasteiger partial charge in [0.25, 0.3) is 0 Å². The molecular weight excluding hydrogens is 386 g/mol. The van der Waals surface area contributed by atoms with Crippen molar-refractivity contribution >= 4 is 17.7 Å². The van der Waals surface area contributed by atoms with Crippen LogP contribution in [0.15, 0.2) is 48.5 Å². The van der Waals surface area contributed by atoms with Gasteiger partial charge >= 0.3 is 6.09 Å². The van der Waals surface area contributed by atoms with Gasteiger partial charge in [-0.3, -0.25) is 4.79 Å². The van der Waals surface area contributed by atoms with E-state index in [1.807, 2.05) is 36.4 Å². The van der Waals surface area contributed by atoms with Crippen molar-refractivity contribution in [1.29, 1.82) is 0 Å². The second-order valence-corrected chi connectivity index (χ2v) is 7.62. The lowest BCUT2D eigenvalue weighted by molar-refractivity contribution is -0.122. The minimum absolute atomic E-state index is 0.0385. The normalized spacial score (nSPS) is 10.9. The average Bonchev–Trinajstić information content (AvgIpc) is 2.69.